The lowest BCUT2D eigenvalue weighted by Crippen LogP contribution is -2.56. The number of hydrogen-bond donors (Lipinski definition) is 2. The number of para-hydroxylation sites is 1. The molecule has 2 heterocycles. The van der Waals surface area contributed by atoms with Crippen LogP contribution >= 0.6 is 0 Å². The fraction of sp³-hybridized carbons (Fsp3) is 0.500. The minimum atomic E-state index is 0.00135. The van der Waals surface area contributed by atoms with Crippen LogP contribution in [0.25, 0.3) is 11.0 Å². The zero-order valence-electron chi connectivity index (χ0n) is 12.4. The molecule has 3 rings (SSSR count). The number of fused-ring (bicyclic) bond motifs is 1. The highest BCUT2D eigenvalue weighted by atomic mass is 16.5. The van der Waals surface area contributed by atoms with Crippen LogP contribution in [-0.4, -0.2) is 29.7 Å². The Morgan fingerprint density at radius 1 is 1.43 bits per heavy atom. The molecule has 1 aromatic heterocycles. The number of aromatic nitrogens is 1. The first-order valence-electron chi connectivity index (χ1n) is 7.51. The summed E-state index contributed by atoms with van der Waals surface area (Å²) in [6, 6.07) is 8.09. The van der Waals surface area contributed by atoms with Gasteiger partial charge in [-0.05, 0) is 37.9 Å². The molecule has 0 saturated carbocycles. The molecule has 2 N–H and O–H groups in total. The topological polar surface area (TPSA) is 67.2 Å². The number of carbonyl (C=O) groups excluding carboxylic acids is 1. The van der Waals surface area contributed by atoms with Crippen LogP contribution in [0.5, 0.6) is 0 Å². The first kappa shape index (κ1) is 14.1. The van der Waals surface area contributed by atoms with E-state index in [2.05, 4.69) is 29.6 Å². The van der Waals surface area contributed by atoms with Gasteiger partial charge in [0.1, 0.15) is 5.69 Å². The number of hydrogen-bond acceptors (Lipinski definition) is 4. The van der Waals surface area contributed by atoms with Gasteiger partial charge < -0.3 is 15.2 Å². The molecule has 0 bridgehead atoms. The fourth-order valence-corrected chi connectivity index (χ4v) is 3.06. The zero-order valence-corrected chi connectivity index (χ0v) is 12.4. The van der Waals surface area contributed by atoms with Crippen molar-refractivity contribution in [2.24, 2.45) is 5.92 Å². The molecular weight excluding hydrogens is 266 g/mol. The van der Waals surface area contributed by atoms with E-state index in [0.29, 0.717) is 17.7 Å². The summed E-state index contributed by atoms with van der Waals surface area (Å²) in [6.45, 7) is 5.32. The largest absolute Gasteiger partial charge is 0.356 e. The van der Waals surface area contributed by atoms with Crippen molar-refractivity contribution in [3.63, 3.8) is 0 Å². The summed E-state index contributed by atoms with van der Waals surface area (Å²) in [4.78, 5) is 12.3. The molecule has 112 valence electrons. The van der Waals surface area contributed by atoms with Gasteiger partial charge in [-0.15, -0.1) is 0 Å². The number of carbonyl (C=O) groups is 1. The first-order chi connectivity index (χ1) is 10.1. The molecule has 1 amide bonds. The Kier molecular flexibility index (Phi) is 3.92. The average molecular weight is 287 g/mol. The van der Waals surface area contributed by atoms with Crippen molar-refractivity contribution in [3.05, 3.63) is 30.0 Å². The predicted molar refractivity (Wildman–Crippen MR) is 80.9 cm³/mol. The SMILES string of the molecule is CC1CCNC(C)C1NC(=O)Cc1noc2ccccc12. The molecule has 0 aliphatic carbocycles. The number of nitrogens with one attached hydrogen (secondary N) is 2. The Bertz CT molecular complexity index is 627. The highest BCUT2D eigenvalue weighted by molar-refractivity contribution is 5.86. The van der Waals surface area contributed by atoms with Gasteiger partial charge in [-0.1, -0.05) is 24.2 Å². The predicted octanol–water partition coefficient (Wildman–Crippen LogP) is 1.87. The maximum Gasteiger partial charge on any atom is 0.226 e. The molecule has 3 atom stereocenters. The highest BCUT2D eigenvalue weighted by Gasteiger charge is 2.28. The van der Waals surface area contributed by atoms with Crippen molar-refractivity contribution in [3.8, 4) is 0 Å². The second kappa shape index (κ2) is 5.85. The van der Waals surface area contributed by atoms with E-state index in [-0.39, 0.29) is 18.4 Å². The van der Waals surface area contributed by atoms with E-state index in [1.54, 1.807) is 0 Å². The standard InChI is InChI=1S/C16H21N3O2/c1-10-7-8-17-11(2)16(10)18-15(20)9-13-12-5-3-4-6-14(12)21-19-13/h3-6,10-11,16-17H,7-9H2,1-2H3,(H,18,20). The minimum Gasteiger partial charge on any atom is -0.356 e. The molecular formula is C16H21N3O2. The van der Waals surface area contributed by atoms with Crippen molar-refractivity contribution in [2.75, 3.05) is 6.54 Å². The number of amides is 1. The Morgan fingerprint density at radius 3 is 3.05 bits per heavy atom. The summed E-state index contributed by atoms with van der Waals surface area (Å²) < 4.78 is 5.24. The van der Waals surface area contributed by atoms with Gasteiger partial charge in [-0.25, -0.2) is 0 Å². The maximum absolute atomic E-state index is 12.3. The van der Waals surface area contributed by atoms with E-state index in [0.717, 1.165) is 23.9 Å². The van der Waals surface area contributed by atoms with Crippen molar-refractivity contribution in [2.45, 2.75) is 38.8 Å². The van der Waals surface area contributed by atoms with Crippen molar-refractivity contribution < 1.29 is 9.32 Å². The number of rotatable bonds is 3. The number of benzene rings is 1. The van der Waals surface area contributed by atoms with Crippen LogP contribution in [0.1, 0.15) is 26.0 Å². The molecule has 1 saturated heterocycles. The van der Waals surface area contributed by atoms with E-state index in [1.807, 2.05) is 24.3 Å². The monoisotopic (exact) mass is 287 g/mol. The fourth-order valence-electron chi connectivity index (χ4n) is 3.06. The zero-order chi connectivity index (χ0) is 14.8. The average Bonchev–Trinajstić information content (AvgIpc) is 2.87. The smallest absolute Gasteiger partial charge is 0.226 e. The van der Waals surface area contributed by atoms with E-state index in [9.17, 15) is 4.79 Å². The summed E-state index contributed by atoms with van der Waals surface area (Å²) in [5, 5.41) is 11.5. The molecule has 1 fully saturated rings. The van der Waals surface area contributed by atoms with Gasteiger partial charge in [0, 0.05) is 17.5 Å². The van der Waals surface area contributed by atoms with E-state index < -0.39 is 0 Å². The van der Waals surface area contributed by atoms with Crippen LogP contribution in [0.3, 0.4) is 0 Å². The molecule has 1 aromatic carbocycles. The molecule has 0 spiro atoms. The van der Waals surface area contributed by atoms with Crippen LogP contribution in [0.2, 0.25) is 0 Å². The Hall–Kier alpha value is -1.88. The van der Waals surface area contributed by atoms with Gasteiger partial charge in [0.05, 0.1) is 6.42 Å². The lowest BCUT2D eigenvalue weighted by atomic mass is 9.89. The van der Waals surface area contributed by atoms with Crippen molar-refractivity contribution in [1.29, 1.82) is 0 Å². The third kappa shape index (κ3) is 2.93. The first-order valence-corrected chi connectivity index (χ1v) is 7.51. The number of piperidine rings is 1. The molecule has 5 nitrogen and oxygen atoms in total. The van der Waals surface area contributed by atoms with Crippen LogP contribution in [-0.2, 0) is 11.2 Å². The summed E-state index contributed by atoms with van der Waals surface area (Å²) in [5.74, 6) is 0.487. The van der Waals surface area contributed by atoms with Gasteiger partial charge in [-0.2, -0.15) is 0 Å². The van der Waals surface area contributed by atoms with Crippen molar-refractivity contribution >= 4 is 16.9 Å². The molecule has 5 heteroatoms. The Labute approximate surface area is 124 Å². The van der Waals surface area contributed by atoms with Gasteiger partial charge in [0.2, 0.25) is 5.91 Å². The normalized spacial score (nSPS) is 25.9. The second-order valence-corrected chi connectivity index (χ2v) is 5.90. The third-order valence-corrected chi connectivity index (χ3v) is 4.33. The number of nitrogens with zero attached hydrogens (tertiary/aromatic N) is 1. The van der Waals surface area contributed by atoms with Crippen molar-refractivity contribution in [1.82, 2.24) is 15.8 Å². The molecule has 0 radical (unpaired) electrons. The molecule has 1 aliphatic heterocycles. The highest BCUT2D eigenvalue weighted by Crippen LogP contribution is 2.19. The lowest BCUT2D eigenvalue weighted by molar-refractivity contribution is -0.122. The quantitative estimate of drug-likeness (QED) is 0.904. The second-order valence-electron chi connectivity index (χ2n) is 5.90. The summed E-state index contributed by atoms with van der Waals surface area (Å²) in [7, 11) is 0. The minimum absolute atomic E-state index is 0.00135. The molecule has 2 aromatic rings. The molecule has 21 heavy (non-hydrogen) atoms. The van der Waals surface area contributed by atoms with Gasteiger partial charge in [-0.3, -0.25) is 4.79 Å². The Morgan fingerprint density at radius 2 is 2.24 bits per heavy atom. The van der Waals surface area contributed by atoms with Gasteiger partial charge >= 0.3 is 0 Å². The van der Waals surface area contributed by atoms with Crippen LogP contribution in [0.15, 0.2) is 28.8 Å². The molecule has 1 aliphatic rings. The summed E-state index contributed by atoms with van der Waals surface area (Å²) in [5.41, 5.74) is 1.42. The van der Waals surface area contributed by atoms with E-state index in [4.69, 9.17) is 4.52 Å². The van der Waals surface area contributed by atoms with Gasteiger partial charge in [0.15, 0.2) is 5.58 Å². The van der Waals surface area contributed by atoms with E-state index >= 15 is 0 Å². The maximum atomic E-state index is 12.3. The lowest BCUT2D eigenvalue weighted by Gasteiger charge is -2.35. The van der Waals surface area contributed by atoms with E-state index in [1.165, 1.54) is 0 Å². The molecule has 3 unspecified atom stereocenters. The summed E-state index contributed by atoms with van der Waals surface area (Å²) >= 11 is 0. The Balaban J connectivity index is 1.69. The van der Waals surface area contributed by atoms with Crippen LogP contribution < -0.4 is 10.6 Å². The summed E-state index contributed by atoms with van der Waals surface area (Å²) in [6.07, 6.45) is 1.34. The third-order valence-electron chi connectivity index (χ3n) is 4.33. The van der Waals surface area contributed by atoms with Crippen LogP contribution in [0, 0.1) is 5.92 Å². The van der Waals surface area contributed by atoms with Gasteiger partial charge in [0.25, 0.3) is 0 Å². The van der Waals surface area contributed by atoms with Crippen LogP contribution in [0.4, 0.5) is 0 Å².